The van der Waals surface area contributed by atoms with Crippen LogP contribution >= 0.6 is 0 Å². The van der Waals surface area contributed by atoms with Crippen LogP contribution in [-0.4, -0.2) is 36.3 Å². The van der Waals surface area contributed by atoms with E-state index in [1.54, 1.807) is 22.6 Å². The predicted octanol–water partition coefficient (Wildman–Crippen LogP) is 2.43. The van der Waals surface area contributed by atoms with Gasteiger partial charge < -0.3 is 5.73 Å². The average Bonchev–Trinajstić information content (AvgIpc) is 2.53. The van der Waals surface area contributed by atoms with Crippen LogP contribution < -0.4 is 5.73 Å². The van der Waals surface area contributed by atoms with Crippen LogP contribution in [-0.2, 0) is 10.0 Å². The molecule has 0 aliphatic carbocycles. The van der Waals surface area contributed by atoms with E-state index in [1.165, 1.54) is 0 Å². The molecule has 1 fully saturated rings. The zero-order chi connectivity index (χ0) is 16.6. The fraction of sp³-hybridized carbons (Fsp3) is 0.471. The molecule has 1 aliphatic rings. The van der Waals surface area contributed by atoms with E-state index in [0.29, 0.717) is 12.1 Å². The van der Waals surface area contributed by atoms with E-state index in [0.717, 1.165) is 30.2 Å². The molecule has 0 saturated carbocycles. The lowest BCUT2D eigenvalue weighted by atomic mass is 10.00. The van der Waals surface area contributed by atoms with Crippen LogP contribution in [0.1, 0.15) is 31.7 Å². The van der Waals surface area contributed by atoms with Gasteiger partial charge >= 0.3 is 0 Å². The zero-order valence-corrected chi connectivity index (χ0v) is 14.4. The third-order valence-corrected chi connectivity index (χ3v) is 6.46. The van der Waals surface area contributed by atoms with Gasteiger partial charge in [0.1, 0.15) is 4.90 Å². The SMILES string of the molecule is Cc1cnc2c(S(=O)(=O)N3CCCCC3C(C)N)cccc2c1. The summed E-state index contributed by atoms with van der Waals surface area (Å²) in [6.45, 7) is 4.35. The number of sulfonamides is 1. The number of hydrogen-bond acceptors (Lipinski definition) is 4. The number of hydrogen-bond donors (Lipinski definition) is 1. The fourth-order valence-corrected chi connectivity index (χ4v) is 5.27. The number of piperidine rings is 1. The van der Waals surface area contributed by atoms with Gasteiger partial charge in [-0.05, 0) is 44.4 Å². The Morgan fingerprint density at radius 1 is 1.35 bits per heavy atom. The summed E-state index contributed by atoms with van der Waals surface area (Å²) in [6.07, 6.45) is 4.42. The molecule has 1 aromatic carbocycles. The first kappa shape index (κ1) is 16.4. The molecule has 2 heterocycles. The van der Waals surface area contributed by atoms with Crippen LogP contribution in [0.4, 0.5) is 0 Å². The van der Waals surface area contributed by atoms with Gasteiger partial charge in [-0.2, -0.15) is 4.31 Å². The van der Waals surface area contributed by atoms with Gasteiger partial charge in [0.15, 0.2) is 0 Å². The molecule has 6 heteroatoms. The van der Waals surface area contributed by atoms with E-state index in [-0.39, 0.29) is 17.0 Å². The second kappa shape index (κ2) is 6.19. The standard InChI is InChI=1S/C17H23N3O2S/c1-12-10-14-6-5-8-16(17(14)19-11-12)23(21,22)20-9-4-3-7-15(20)13(2)18/h5-6,8,10-11,13,15H,3-4,7,9,18H2,1-2H3. The Kier molecular flexibility index (Phi) is 4.40. The first-order valence-electron chi connectivity index (χ1n) is 8.04. The highest BCUT2D eigenvalue weighted by Crippen LogP contribution is 2.30. The molecule has 5 nitrogen and oxygen atoms in total. The molecule has 1 aliphatic heterocycles. The summed E-state index contributed by atoms with van der Waals surface area (Å²) in [5.41, 5.74) is 7.59. The van der Waals surface area contributed by atoms with E-state index in [2.05, 4.69) is 4.98 Å². The minimum absolute atomic E-state index is 0.144. The summed E-state index contributed by atoms with van der Waals surface area (Å²) < 4.78 is 28.0. The monoisotopic (exact) mass is 333 g/mol. The van der Waals surface area contributed by atoms with Crippen LogP contribution in [0.25, 0.3) is 10.9 Å². The zero-order valence-electron chi connectivity index (χ0n) is 13.6. The molecule has 2 atom stereocenters. The normalized spacial score (nSPS) is 21.4. The van der Waals surface area contributed by atoms with Crippen molar-refractivity contribution >= 4 is 20.9 Å². The van der Waals surface area contributed by atoms with Crippen LogP contribution in [0.5, 0.6) is 0 Å². The Morgan fingerprint density at radius 3 is 2.87 bits per heavy atom. The van der Waals surface area contributed by atoms with E-state index >= 15 is 0 Å². The molecule has 0 radical (unpaired) electrons. The highest BCUT2D eigenvalue weighted by Gasteiger charge is 2.36. The average molecular weight is 333 g/mol. The van der Waals surface area contributed by atoms with Gasteiger partial charge in [0.25, 0.3) is 0 Å². The summed E-state index contributed by atoms with van der Waals surface area (Å²) >= 11 is 0. The number of nitrogens with zero attached hydrogens (tertiary/aromatic N) is 2. The van der Waals surface area contributed by atoms with Crippen LogP contribution in [0.15, 0.2) is 35.4 Å². The van der Waals surface area contributed by atoms with E-state index in [1.807, 2.05) is 26.0 Å². The van der Waals surface area contributed by atoms with Gasteiger partial charge in [-0.3, -0.25) is 4.98 Å². The molecular formula is C17H23N3O2S. The Balaban J connectivity index is 2.12. The maximum Gasteiger partial charge on any atom is 0.245 e. The molecule has 2 unspecified atom stereocenters. The molecule has 3 rings (SSSR count). The van der Waals surface area contributed by atoms with Crippen LogP contribution in [0.3, 0.4) is 0 Å². The number of aromatic nitrogens is 1. The molecule has 2 aromatic rings. The lowest BCUT2D eigenvalue weighted by molar-refractivity contribution is 0.227. The van der Waals surface area contributed by atoms with Gasteiger partial charge in [-0.25, -0.2) is 8.42 Å². The van der Waals surface area contributed by atoms with Crippen molar-refractivity contribution in [1.29, 1.82) is 0 Å². The minimum atomic E-state index is -3.60. The Hall–Kier alpha value is -1.50. The first-order valence-corrected chi connectivity index (χ1v) is 9.48. The van der Waals surface area contributed by atoms with Crippen molar-refractivity contribution < 1.29 is 8.42 Å². The predicted molar refractivity (Wildman–Crippen MR) is 91.7 cm³/mol. The van der Waals surface area contributed by atoms with Crippen molar-refractivity contribution in [1.82, 2.24) is 9.29 Å². The van der Waals surface area contributed by atoms with Gasteiger partial charge in [0.2, 0.25) is 10.0 Å². The lowest BCUT2D eigenvalue weighted by Gasteiger charge is -2.37. The highest BCUT2D eigenvalue weighted by atomic mass is 32.2. The summed E-state index contributed by atoms with van der Waals surface area (Å²) in [4.78, 5) is 4.65. The number of pyridine rings is 1. The van der Waals surface area contributed by atoms with Crippen molar-refractivity contribution in [3.63, 3.8) is 0 Å². The van der Waals surface area contributed by atoms with Crippen molar-refractivity contribution in [3.05, 3.63) is 36.0 Å². The minimum Gasteiger partial charge on any atom is -0.326 e. The molecule has 23 heavy (non-hydrogen) atoms. The molecule has 1 saturated heterocycles. The maximum atomic E-state index is 13.2. The topological polar surface area (TPSA) is 76.3 Å². The Bertz CT molecular complexity index is 818. The maximum absolute atomic E-state index is 13.2. The number of benzene rings is 1. The highest BCUT2D eigenvalue weighted by molar-refractivity contribution is 7.89. The second-order valence-electron chi connectivity index (χ2n) is 6.38. The fourth-order valence-electron chi connectivity index (χ4n) is 3.33. The molecule has 0 spiro atoms. The summed E-state index contributed by atoms with van der Waals surface area (Å²) in [5, 5.41) is 0.848. The Labute approximate surface area is 137 Å². The number of fused-ring (bicyclic) bond motifs is 1. The first-order chi connectivity index (χ1) is 10.9. The lowest BCUT2D eigenvalue weighted by Crippen LogP contribution is -2.51. The number of aryl methyl sites for hydroxylation is 1. The van der Waals surface area contributed by atoms with Gasteiger partial charge in [0.05, 0.1) is 5.52 Å². The third-order valence-electron chi connectivity index (χ3n) is 4.50. The molecular weight excluding hydrogens is 310 g/mol. The summed E-state index contributed by atoms with van der Waals surface area (Å²) in [5.74, 6) is 0. The Morgan fingerprint density at radius 2 is 2.13 bits per heavy atom. The smallest absolute Gasteiger partial charge is 0.245 e. The third kappa shape index (κ3) is 2.98. The molecule has 124 valence electrons. The van der Waals surface area contributed by atoms with Gasteiger partial charge in [-0.1, -0.05) is 18.6 Å². The second-order valence-corrected chi connectivity index (χ2v) is 8.24. The number of nitrogens with two attached hydrogens (primary N) is 1. The number of para-hydroxylation sites is 1. The van der Waals surface area contributed by atoms with E-state index in [9.17, 15) is 8.42 Å². The van der Waals surface area contributed by atoms with E-state index < -0.39 is 10.0 Å². The van der Waals surface area contributed by atoms with Gasteiger partial charge in [-0.15, -0.1) is 0 Å². The largest absolute Gasteiger partial charge is 0.326 e. The number of rotatable bonds is 3. The molecule has 1 aromatic heterocycles. The summed E-state index contributed by atoms with van der Waals surface area (Å²) in [7, 11) is -3.60. The summed E-state index contributed by atoms with van der Waals surface area (Å²) in [6, 6.07) is 6.95. The molecule has 0 amide bonds. The van der Waals surface area contributed by atoms with Crippen molar-refractivity contribution in [3.8, 4) is 0 Å². The van der Waals surface area contributed by atoms with Crippen molar-refractivity contribution in [2.75, 3.05) is 6.54 Å². The van der Waals surface area contributed by atoms with Crippen molar-refractivity contribution in [2.24, 2.45) is 5.73 Å². The van der Waals surface area contributed by atoms with Gasteiger partial charge in [0, 0.05) is 30.2 Å². The quantitative estimate of drug-likeness (QED) is 0.936. The van der Waals surface area contributed by atoms with Crippen molar-refractivity contribution in [2.45, 2.75) is 50.1 Å². The van der Waals surface area contributed by atoms with Crippen LogP contribution in [0, 0.1) is 6.92 Å². The van der Waals surface area contributed by atoms with Crippen LogP contribution in [0.2, 0.25) is 0 Å². The molecule has 2 N–H and O–H groups in total. The molecule has 0 bridgehead atoms. The van der Waals surface area contributed by atoms with E-state index in [4.69, 9.17) is 5.73 Å².